The predicted octanol–water partition coefficient (Wildman–Crippen LogP) is 12.2. The molecule has 2 aliphatic carbocycles. The molecule has 684 valence electrons. The molecule has 2 aliphatic rings. The lowest BCUT2D eigenvalue weighted by molar-refractivity contribution is -0.177. The van der Waals surface area contributed by atoms with Crippen molar-refractivity contribution in [3.63, 3.8) is 0 Å². The second kappa shape index (κ2) is 49.1. The highest BCUT2D eigenvalue weighted by atomic mass is 19.4. The second-order valence-corrected chi connectivity index (χ2v) is 32.3. The summed E-state index contributed by atoms with van der Waals surface area (Å²) in [5.74, 6) is -48.2. The van der Waals surface area contributed by atoms with Gasteiger partial charge in [-0.15, -0.1) is 0 Å². The number of hydrogen-bond acceptors (Lipinski definition) is 14. The molecule has 117 heavy (non-hydrogen) atoms. The fourth-order valence-electron chi connectivity index (χ4n) is 9.72. The van der Waals surface area contributed by atoms with Crippen molar-refractivity contribution in [2.24, 2.45) is 47.3 Å². The molecular formula is C72H116F17N7O21. The van der Waals surface area contributed by atoms with Crippen LogP contribution in [0.25, 0.3) is 0 Å². The van der Waals surface area contributed by atoms with Crippen LogP contribution in [0.3, 0.4) is 0 Å². The third kappa shape index (κ3) is 50.0. The van der Waals surface area contributed by atoms with E-state index < -0.39 is 235 Å². The van der Waals surface area contributed by atoms with Crippen LogP contribution in [0.15, 0.2) is 0 Å². The number of carboxylic acids is 7. The Labute approximate surface area is 666 Å². The Kier molecular flexibility index (Phi) is 49.0. The van der Waals surface area contributed by atoms with Gasteiger partial charge in [-0.1, -0.05) is 111 Å². The number of aliphatic carboxylic acids is 7. The quantitative estimate of drug-likeness (QED) is 0.0254. The molecule has 0 heterocycles. The summed E-state index contributed by atoms with van der Waals surface area (Å²) in [7, 11) is 1.05. The molecule has 28 nitrogen and oxygen atoms in total. The Balaban J connectivity index is -0.000000418. The van der Waals surface area contributed by atoms with Crippen LogP contribution < -0.4 is 31.9 Å². The third-order valence-electron chi connectivity index (χ3n) is 15.6. The van der Waals surface area contributed by atoms with E-state index >= 15 is 0 Å². The van der Waals surface area contributed by atoms with Gasteiger partial charge in [-0.3, -0.25) is 57.5 Å². The van der Waals surface area contributed by atoms with Crippen molar-refractivity contribution in [2.75, 3.05) is 13.6 Å². The molecule has 45 heteroatoms. The first-order chi connectivity index (χ1) is 52.1. The van der Waals surface area contributed by atoms with Gasteiger partial charge in [-0.05, 0) is 100 Å². The number of rotatable bonds is 39. The zero-order valence-electron chi connectivity index (χ0n) is 68.9. The minimum atomic E-state index is -5.11. The van der Waals surface area contributed by atoms with E-state index in [0.29, 0.717) is 30.6 Å². The smallest absolute Gasteiger partial charge is 0.409 e. The molecule has 0 saturated heterocycles. The monoisotopic (exact) mass is 1740 g/mol. The number of nitrogens with one attached hydrogen (secondary N) is 6. The zero-order valence-corrected chi connectivity index (χ0v) is 68.9. The van der Waals surface area contributed by atoms with E-state index in [0.717, 1.165) is 39.6 Å². The van der Waals surface area contributed by atoms with Crippen LogP contribution in [0.5, 0.6) is 0 Å². The van der Waals surface area contributed by atoms with E-state index in [1.807, 2.05) is 10.6 Å². The van der Waals surface area contributed by atoms with Crippen molar-refractivity contribution in [1.82, 2.24) is 36.8 Å². The molecule has 0 aliphatic heterocycles. The average molecular weight is 1740 g/mol. The van der Waals surface area contributed by atoms with Gasteiger partial charge in [-0.2, -0.15) is 74.6 Å². The summed E-state index contributed by atoms with van der Waals surface area (Å²) in [6.07, 6.45) is -9.00. The maximum absolute atomic E-state index is 13.5. The Hall–Kier alpha value is -8.61. The summed E-state index contributed by atoms with van der Waals surface area (Å²) in [5.41, 5.74) is -3.61. The highest BCUT2D eigenvalue weighted by Crippen LogP contribution is 2.41. The van der Waals surface area contributed by atoms with Gasteiger partial charge in [0.1, 0.15) is 30.2 Å². The number of halogens is 17. The molecule has 3 unspecified atom stereocenters. The van der Waals surface area contributed by atoms with Crippen molar-refractivity contribution in [3.05, 3.63) is 0 Å². The van der Waals surface area contributed by atoms with E-state index in [4.69, 9.17) is 35.7 Å². The van der Waals surface area contributed by atoms with Gasteiger partial charge in [0.2, 0.25) is 0 Å². The maximum Gasteiger partial charge on any atom is 0.409 e. The van der Waals surface area contributed by atoms with Crippen LogP contribution in [0, 0.1) is 47.3 Å². The Morgan fingerprint density at radius 1 is 0.359 bits per heavy atom. The predicted molar refractivity (Wildman–Crippen MR) is 385 cm³/mol. The minimum Gasteiger partial charge on any atom is -0.481 e. The maximum atomic E-state index is 13.5. The molecule has 2 saturated carbocycles. The van der Waals surface area contributed by atoms with Crippen LogP contribution in [0.4, 0.5) is 74.6 Å². The number of carbonyl (C=O) groups is 14. The van der Waals surface area contributed by atoms with Gasteiger partial charge in [-0.25, -0.2) is 9.59 Å². The van der Waals surface area contributed by atoms with Gasteiger partial charge >= 0.3 is 89.4 Å². The molecule has 0 bridgehead atoms. The molecule has 0 aromatic carbocycles. The molecule has 2 rings (SSSR count). The number of alkyl halides is 17. The normalized spacial score (nSPS) is 14.7. The number of likely N-dealkylation sites (N-methyl/N-ethyl adjacent to an activating group) is 1. The zero-order chi connectivity index (χ0) is 94.1. The topological polar surface area (TPSA) is 456 Å². The second-order valence-electron chi connectivity index (χ2n) is 32.3. The van der Waals surface area contributed by atoms with Gasteiger partial charge < -0.3 is 72.5 Å². The Morgan fingerprint density at radius 2 is 0.641 bits per heavy atom. The molecule has 0 spiro atoms. The number of carbonyl (C=O) groups excluding carboxylic acids is 7. The highest BCUT2D eigenvalue weighted by molar-refractivity contribution is 5.91. The number of hydrogen-bond donors (Lipinski definition) is 13. The van der Waals surface area contributed by atoms with Gasteiger partial charge in [0.15, 0.2) is 0 Å². The van der Waals surface area contributed by atoms with E-state index in [1.54, 1.807) is 102 Å². The molecule has 13 N–H and O–H groups in total. The lowest BCUT2D eigenvalue weighted by Gasteiger charge is -2.42. The number of amides is 7. The van der Waals surface area contributed by atoms with Crippen LogP contribution >= 0.6 is 0 Å². The van der Waals surface area contributed by atoms with Crippen molar-refractivity contribution < 1.29 is 178 Å². The molecular weight excluding hydrogens is 1620 g/mol. The molecule has 3 atom stereocenters. The lowest BCUT2D eigenvalue weighted by Crippen LogP contribution is -2.58. The van der Waals surface area contributed by atoms with E-state index in [9.17, 15) is 142 Å². The summed E-state index contributed by atoms with van der Waals surface area (Å²) in [4.78, 5) is 153. The largest absolute Gasteiger partial charge is 0.481 e. The van der Waals surface area contributed by atoms with Gasteiger partial charge in [0, 0.05) is 52.0 Å². The van der Waals surface area contributed by atoms with Crippen LogP contribution in [0.1, 0.15) is 228 Å². The molecule has 0 aromatic rings. The average Bonchev–Trinajstić information content (AvgIpc) is 1.77. The number of carboxylic acid groups (broad SMARTS) is 7. The summed E-state index contributed by atoms with van der Waals surface area (Å²) in [6.45, 7) is 27.5. The first-order valence-corrected chi connectivity index (χ1v) is 36.5. The minimum absolute atomic E-state index is 0.295. The molecule has 0 radical (unpaired) electrons. The van der Waals surface area contributed by atoms with Crippen molar-refractivity contribution in [1.29, 1.82) is 0 Å². The van der Waals surface area contributed by atoms with E-state index in [1.165, 1.54) is 13.8 Å². The Morgan fingerprint density at radius 3 is 0.872 bits per heavy atom. The Bertz CT molecular complexity index is 3260. The van der Waals surface area contributed by atoms with E-state index in [-0.39, 0.29) is 48.3 Å². The highest BCUT2D eigenvalue weighted by Gasteiger charge is 2.53. The molecule has 7 amide bonds. The van der Waals surface area contributed by atoms with Crippen LogP contribution in [-0.2, 0) is 67.1 Å². The summed E-state index contributed by atoms with van der Waals surface area (Å²) >= 11 is 0. The SMILES string of the molecule is CC(C)CC(F)(F)C(=O)N(C)CC(=O)O.CC(C)CC(F)(F)C(=O)NC(C(=O)O)C(C)C.CC(C)CC(F)(F)C(=O)NC(C)(C)C(=O)O.CC(C)CC(F)(F)C(=O)NC(C)C(=O)O.CC(C)CC(F)(F)C(=O)NC(CC(=O)O)C(F)(F)F.CC(C)CC(F)(F)C(=O)NC1(CC(=O)O)CC1.CC(C)CC(F)(F)C(=O)NC1(CC(=O)O)CCC1. The fraction of sp³-hybridized carbons (Fsp3) is 0.806. The standard InChI is InChI=1S/C12H19F2NO3.C11H17F2NO3.C11H19F2NO3.C10H14F5NO3.C10H17F2NO3.2C9H15F2NO3/c1-8(2)6-12(13,14)10(18)15-11(4-3-5-11)7-9(16)17;1-7(2)5-11(12,13)9(17)14-10(3-4-10)6-8(15)16;1-6(2)5-11(12,13)10(17)14-8(7(3)4)9(15)16;1-5(2)4-9(11,12)8(19)16-6(3-7(17)18)10(13,14)15;1-6(2)5-10(11,12)7(14)13-9(3,4)8(15)16;1-6(2)4-9(10,11)8(15)12(3)5-7(13)14;1-5(2)4-9(10,11)8(15)12-6(3)7(13)14/h8H,3-7H2,1-2H3,(H,15,18)(H,16,17);7H,3-6H2,1-2H3,(H,14,17)(H,15,16);6-8H,5H2,1-4H3,(H,14,17)(H,15,16);5-6H,3-4H2,1-2H3,(H,16,19)(H,17,18);6H,5H2,1-4H3,(H,13,14)(H,15,16);6H,4-5H2,1-3H3,(H,13,14);5-6H,4H2,1-3H3,(H,12,15)(H,13,14). The van der Waals surface area contributed by atoms with Gasteiger partial charge in [0.25, 0.3) is 41.4 Å². The fourth-order valence-corrected chi connectivity index (χ4v) is 9.72. The van der Waals surface area contributed by atoms with E-state index in [2.05, 4.69) is 10.6 Å². The third-order valence-corrected chi connectivity index (χ3v) is 15.6. The number of nitrogens with zero attached hydrogens (tertiary/aromatic N) is 1. The summed E-state index contributed by atoms with van der Waals surface area (Å²) in [5, 5.41) is 70.7. The molecule has 0 aromatic heterocycles. The lowest BCUT2D eigenvalue weighted by atomic mass is 9.74. The van der Waals surface area contributed by atoms with Crippen molar-refractivity contribution in [3.8, 4) is 0 Å². The summed E-state index contributed by atoms with van der Waals surface area (Å²) < 4.78 is 223. The van der Waals surface area contributed by atoms with Crippen LogP contribution in [0.2, 0.25) is 0 Å². The van der Waals surface area contributed by atoms with Gasteiger partial charge in [0.05, 0.1) is 30.3 Å². The van der Waals surface area contributed by atoms with Crippen LogP contribution in [-0.4, -0.2) is 220 Å². The first-order valence-electron chi connectivity index (χ1n) is 36.5. The van der Waals surface area contributed by atoms with Crippen molar-refractivity contribution in [2.45, 2.75) is 310 Å². The first kappa shape index (κ1) is 117. The van der Waals surface area contributed by atoms with Crippen molar-refractivity contribution >= 4 is 83.1 Å². The molecule has 2 fully saturated rings. The summed E-state index contributed by atoms with van der Waals surface area (Å²) in [6, 6.07) is -5.44.